The predicted molar refractivity (Wildman–Crippen MR) is 83.4 cm³/mol. The molecule has 100 valence electrons. The van der Waals surface area contributed by atoms with Crippen LogP contribution >= 0.6 is 15.9 Å². The number of nitrogens with one attached hydrogen (secondary N) is 1. The van der Waals surface area contributed by atoms with Gasteiger partial charge >= 0.3 is 0 Å². The van der Waals surface area contributed by atoms with E-state index in [-0.39, 0.29) is 0 Å². The lowest BCUT2D eigenvalue weighted by Gasteiger charge is -2.09. The van der Waals surface area contributed by atoms with Crippen LogP contribution in [0.25, 0.3) is 0 Å². The molecule has 0 radical (unpaired) electrons. The molecule has 0 saturated heterocycles. The van der Waals surface area contributed by atoms with Crippen LogP contribution in [0.15, 0.2) is 46.9 Å². The van der Waals surface area contributed by atoms with Crippen molar-refractivity contribution >= 4 is 21.6 Å². The van der Waals surface area contributed by atoms with Crippen LogP contribution in [0.3, 0.4) is 0 Å². The summed E-state index contributed by atoms with van der Waals surface area (Å²) in [5.41, 5.74) is 4.84. The number of rotatable bonds is 5. The van der Waals surface area contributed by atoms with E-state index in [9.17, 15) is 0 Å². The van der Waals surface area contributed by atoms with Gasteiger partial charge in [0, 0.05) is 23.8 Å². The third kappa shape index (κ3) is 4.37. The van der Waals surface area contributed by atoms with E-state index in [0.29, 0.717) is 6.61 Å². The van der Waals surface area contributed by atoms with Crippen molar-refractivity contribution in [2.24, 2.45) is 0 Å². The van der Waals surface area contributed by atoms with Gasteiger partial charge in [-0.05, 0) is 41.8 Å². The molecular formula is C16H18BrNO. The quantitative estimate of drug-likeness (QED) is 0.875. The van der Waals surface area contributed by atoms with Crippen LogP contribution in [-0.4, -0.2) is 7.11 Å². The summed E-state index contributed by atoms with van der Waals surface area (Å²) in [6.07, 6.45) is 0. The first-order valence-electron chi connectivity index (χ1n) is 6.25. The molecule has 1 N–H and O–H groups in total. The first kappa shape index (κ1) is 14.1. The Morgan fingerprint density at radius 1 is 1.05 bits per heavy atom. The molecule has 0 aliphatic heterocycles. The number of hydrogen-bond acceptors (Lipinski definition) is 2. The topological polar surface area (TPSA) is 21.3 Å². The molecule has 19 heavy (non-hydrogen) atoms. The van der Waals surface area contributed by atoms with Crippen LogP contribution in [0.4, 0.5) is 5.69 Å². The number of aryl methyl sites for hydroxylation is 1. The monoisotopic (exact) mass is 319 g/mol. The summed E-state index contributed by atoms with van der Waals surface area (Å²) in [7, 11) is 1.71. The Labute approximate surface area is 122 Å². The summed E-state index contributed by atoms with van der Waals surface area (Å²) < 4.78 is 6.20. The molecule has 0 saturated carbocycles. The van der Waals surface area contributed by atoms with Crippen LogP contribution in [-0.2, 0) is 17.9 Å². The van der Waals surface area contributed by atoms with E-state index in [1.807, 2.05) is 0 Å². The molecule has 2 aromatic rings. The third-order valence-electron chi connectivity index (χ3n) is 2.87. The minimum absolute atomic E-state index is 0.665. The van der Waals surface area contributed by atoms with Crippen LogP contribution < -0.4 is 5.32 Å². The minimum Gasteiger partial charge on any atom is -0.381 e. The average Bonchev–Trinajstić information content (AvgIpc) is 2.37. The second-order valence-corrected chi connectivity index (χ2v) is 5.54. The van der Waals surface area contributed by atoms with Gasteiger partial charge in [-0.1, -0.05) is 40.2 Å². The van der Waals surface area contributed by atoms with Gasteiger partial charge in [0.1, 0.15) is 0 Å². The number of methoxy groups -OCH3 is 1. The molecule has 0 fully saturated rings. The molecule has 0 unspecified atom stereocenters. The van der Waals surface area contributed by atoms with Crippen molar-refractivity contribution in [2.45, 2.75) is 20.1 Å². The van der Waals surface area contributed by atoms with E-state index in [4.69, 9.17) is 4.74 Å². The fraction of sp³-hybridized carbons (Fsp3) is 0.250. The molecule has 2 rings (SSSR count). The van der Waals surface area contributed by atoms with Crippen molar-refractivity contribution in [3.05, 3.63) is 63.6 Å². The molecule has 0 aliphatic carbocycles. The first-order chi connectivity index (χ1) is 9.17. The highest BCUT2D eigenvalue weighted by Crippen LogP contribution is 2.19. The lowest BCUT2D eigenvalue weighted by atomic mass is 10.1. The van der Waals surface area contributed by atoms with Crippen LogP contribution in [0.2, 0.25) is 0 Å². The largest absolute Gasteiger partial charge is 0.381 e. The first-order valence-corrected chi connectivity index (χ1v) is 7.04. The summed E-state index contributed by atoms with van der Waals surface area (Å²) in [5.74, 6) is 0. The number of ether oxygens (including phenoxy) is 1. The highest BCUT2D eigenvalue weighted by atomic mass is 79.9. The third-order valence-corrected chi connectivity index (χ3v) is 3.33. The maximum Gasteiger partial charge on any atom is 0.0713 e. The van der Waals surface area contributed by atoms with E-state index in [1.54, 1.807) is 7.11 Å². The normalized spacial score (nSPS) is 10.5. The SMILES string of the molecule is COCc1ccc(CNc2cc(C)cc(Br)c2)cc1. The number of benzene rings is 2. The highest BCUT2D eigenvalue weighted by Gasteiger charge is 1.98. The fourth-order valence-corrected chi connectivity index (χ4v) is 2.57. The number of anilines is 1. The smallest absolute Gasteiger partial charge is 0.0713 e. The Bertz CT molecular complexity index is 517. The van der Waals surface area contributed by atoms with Gasteiger partial charge in [0.05, 0.1) is 6.61 Å². The standard InChI is InChI=1S/C16H18BrNO/c1-12-7-15(17)9-16(8-12)18-10-13-3-5-14(6-4-13)11-19-2/h3-9,18H,10-11H2,1-2H3. The zero-order valence-corrected chi connectivity index (χ0v) is 12.8. The minimum atomic E-state index is 0.665. The van der Waals surface area contributed by atoms with Gasteiger partial charge in [-0.25, -0.2) is 0 Å². The molecule has 0 spiro atoms. The number of halogens is 1. The highest BCUT2D eigenvalue weighted by molar-refractivity contribution is 9.10. The molecule has 0 aromatic heterocycles. The van der Waals surface area contributed by atoms with Gasteiger partial charge in [0.15, 0.2) is 0 Å². The van der Waals surface area contributed by atoms with Crippen molar-refractivity contribution in [3.63, 3.8) is 0 Å². The Hall–Kier alpha value is -1.32. The predicted octanol–water partition coefficient (Wildman–Crippen LogP) is 4.52. The molecule has 0 aliphatic rings. The van der Waals surface area contributed by atoms with E-state index < -0.39 is 0 Å². The van der Waals surface area contributed by atoms with Crippen molar-refractivity contribution in [3.8, 4) is 0 Å². The maximum absolute atomic E-state index is 5.10. The van der Waals surface area contributed by atoms with Gasteiger partial charge < -0.3 is 10.1 Å². The maximum atomic E-state index is 5.10. The second kappa shape index (κ2) is 6.73. The van der Waals surface area contributed by atoms with Crippen molar-refractivity contribution in [2.75, 3.05) is 12.4 Å². The zero-order chi connectivity index (χ0) is 13.7. The molecular weight excluding hydrogens is 302 g/mol. The lowest BCUT2D eigenvalue weighted by molar-refractivity contribution is 0.185. The summed E-state index contributed by atoms with van der Waals surface area (Å²) in [5, 5.41) is 3.43. The van der Waals surface area contributed by atoms with Crippen molar-refractivity contribution in [1.29, 1.82) is 0 Å². The van der Waals surface area contributed by atoms with Gasteiger partial charge in [0.25, 0.3) is 0 Å². The van der Waals surface area contributed by atoms with Crippen LogP contribution in [0, 0.1) is 6.92 Å². The van der Waals surface area contributed by atoms with E-state index >= 15 is 0 Å². The van der Waals surface area contributed by atoms with E-state index in [1.165, 1.54) is 16.7 Å². The van der Waals surface area contributed by atoms with Crippen LogP contribution in [0.1, 0.15) is 16.7 Å². The van der Waals surface area contributed by atoms with Gasteiger partial charge in [0.2, 0.25) is 0 Å². The Morgan fingerprint density at radius 2 is 1.74 bits per heavy atom. The zero-order valence-electron chi connectivity index (χ0n) is 11.2. The van der Waals surface area contributed by atoms with Crippen molar-refractivity contribution < 1.29 is 4.74 Å². The molecule has 2 nitrogen and oxygen atoms in total. The molecule has 0 bridgehead atoms. The van der Waals surface area contributed by atoms with Gasteiger partial charge in [-0.2, -0.15) is 0 Å². The van der Waals surface area contributed by atoms with Gasteiger partial charge in [-0.15, -0.1) is 0 Å². The summed E-state index contributed by atoms with van der Waals surface area (Å²) in [6.45, 7) is 3.58. The number of hydrogen-bond donors (Lipinski definition) is 1. The molecule has 3 heteroatoms. The molecule has 2 aromatic carbocycles. The Morgan fingerprint density at radius 3 is 2.37 bits per heavy atom. The molecule has 0 amide bonds. The summed E-state index contributed by atoms with van der Waals surface area (Å²) in [6, 6.07) is 14.8. The summed E-state index contributed by atoms with van der Waals surface area (Å²) >= 11 is 3.51. The Balaban J connectivity index is 1.98. The average molecular weight is 320 g/mol. The summed E-state index contributed by atoms with van der Waals surface area (Å²) in [4.78, 5) is 0. The molecule has 0 atom stereocenters. The fourth-order valence-electron chi connectivity index (χ4n) is 1.96. The second-order valence-electron chi connectivity index (χ2n) is 4.62. The Kier molecular flexibility index (Phi) is 5.00. The molecule has 0 heterocycles. The van der Waals surface area contributed by atoms with Crippen LogP contribution in [0.5, 0.6) is 0 Å². The van der Waals surface area contributed by atoms with Crippen molar-refractivity contribution in [1.82, 2.24) is 0 Å². The van der Waals surface area contributed by atoms with Gasteiger partial charge in [-0.3, -0.25) is 0 Å². The lowest BCUT2D eigenvalue weighted by Crippen LogP contribution is -2.00. The van der Waals surface area contributed by atoms with E-state index in [0.717, 1.165) is 16.7 Å². The van der Waals surface area contributed by atoms with E-state index in [2.05, 4.69) is 70.6 Å².